The Kier molecular flexibility index (Phi) is 61.5. The molecular formula is C15H15Cl3Zr3. The molecule has 0 atom stereocenters. The van der Waals surface area contributed by atoms with Gasteiger partial charge in [-0.1, -0.05) is 0 Å². The monoisotopic (exact) mass is 570 g/mol. The first kappa shape index (κ1) is 38.5. The third-order valence-electron chi connectivity index (χ3n) is 1.76. The van der Waals surface area contributed by atoms with E-state index in [4.69, 9.17) is 0 Å². The summed E-state index contributed by atoms with van der Waals surface area (Å²) in [5.74, 6) is 0. The van der Waals surface area contributed by atoms with Crippen molar-refractivity contribution in [2.24, 2.45) is 0 Å². The van der Waals surface area contributed by atoms with Crippen molar-refractivity contribution in [2.75, 3.05) is 0 Å². The maximum absolute atomic E-state index is 2.99. The van der Waals surface area contributed by atoms with Crippen LogP contribution in [0.25, 0.3) is 0 Å². The molecule has 0 N–H and O–H groups in total. The van der Waals surface area contributed by atoms with Gasteiger partial charge in [-0.3, -0.25) is 18.2 Å². The summed E-state index contributed by atoms with van der Waals surface area (Å²) in [6, 6.07) is 0. The molecule has 0 amide bonds. The summed E-state index contributed by atoms with van der Waals surface area (Å²) in [6.45, 7) is 0. The molecule has 3 aliphatic rings. The number of hydrogen-bond acceptors (Lipinski definition) is 0. The molecule has 0 heterocycles. The first-order valence-electron chi connectivity index (χ1n) is 5.15. The second kappa shape index (κ2) is 33.5. The van der Waals surface area contributed by atoms with E-state index in [0.717, 1.165) is 19.3 Å². The predicted molar refractivity (Wildman–Crippen MR) is 64.7 cm³/mol. The molecule has 0 fully saturated rings. The largest absolute Gasteiger partial charge is 2.00 e. The normalized spacial score (nSPS) is 12.6. The van der Waals surface area contributed by atoms with Gasteiger partial charge in [0.25, 0.3) is 0 Å². The fourth-order valence-corrected chi connectivity index (χ4v) is 1.02. The Hall–Kier alpha value is 1.96. The molecule has 3 aliphatic carbocycles. The first-order valence-corrected chi connectivity index (χ1v) is 5.15. The van der Waals surface area contributed by atoms with Gasteiger partial charge < -0.3 is 37.2 Å². The third kappa shape index (κ3) is 30.4. The minimum Gasteiger partial charge on any atom is -1.00 e. The van der Waals surface area contributed by atoms with Gasteiger partial charge in [0.2, 0.25) is 0 Å². The summed E-state index contributed by atoms with van der Waals surface area (Å²) in [5, 5.41) is 0. The van der Waals surface area contributed by atoms with E-state index in [0.29, 0.717) is 0 Å². The third-order valence-corrected chi connectivity index (χ3v) is 1.76. The van der Waals surface area contributed by atoms with Gasteiger partial charge >= 0.3 is 78.6 Å². The van der Waals surface area contributed by atoms with Crippen molar-refractivity contribution in [3.05, 3.63) is 72.9 Å². The Labute approximate surface area is 205 Å². The summed E-state index contributed by atoms with van der Waals surface area (Å²) in [4.78, 5) is 0. The molecule has 21 heavy (non-hydrogen) atoms. The SMILES string of the molecule is [C-]1=CC=CC1.[C-]1=CC=CC1.[C-]1=CC=CC1.[Cl-].[Cl-].[Cl-].[Zr+2].[Zr+2].[Zr+2]. The van der Waals surface area contributed by atoms with E-state index in [1.807, 2.05) is 36.5 Å². The van der Waals surface area contributed by atoms with Gasteiger partial charge in [0.1, 0.15) is 0 Å². The molecule has 0 spiro atoms. The van der Waals surface area contributed by atoms with Crippen molar-refractivity contribution in [1.29, 1.82) is 0 Å². The zero-order chi connectivity index (χ0) is 10.6. The van der Waals surface area contributed by atoms with Gasteiger partial charge in [0.15, 0.2) is 0 Å². The van der Waals surface area contributed by atoms with Gasteiger partial charge in [-0.25, -0.2) is 36.5 Å². The summed E-state index contributed by atoms with van der Waals surface area (Å²) in [6.07, 6.45) is 30.0. The van der Waals surface area contributed by atoms with Crippen LogP contribution in [0.2, 0.25) is 0 Å². The van der Waals surface area contributed by atoms with E-state index in [-0.39, 0.29) is 116 Å². The molecule has 3 rings (SSSR count). The van der Waals surface area contributed by atoms with E-state index in [9.17, 15) is 0 Å². The summed E-state index contributed by atoms with van der Waals surface area (Å²) in [7, 11) is 0. The molecule has 0 unspecified atom stereocenters. The maximum Gasteiger partial charge on any atom is 2.00 e. The van der Waals surface area contributed by atoms with Crippen LogP contribution < -0.4 is 37.2 Å². The zero-order valence-electron chi connectivity index (χ0n) is 11.5. The predicted octanol–water partition coefficient (Wildman–Crippen LogP) is -5.08. The first-order chi connectivity index (χ1) is 7.50. The Morgan fingerprint density at radius 3 is 0.762 bits per heavy atom. The summed E-state index contributed by atoms with van der Waals surface area (Å²) in [5.41, 5.74) is 0. The molecule has 0 bridgehead atoms. The van der Waals surface area contributed by atoms with Crippen LogP contribution in [-0.4, -0.2) is 0 Å². The van der Waals surface area contributed by atoms with Gasteiger partial charge in [-0.15, -0.1) is 19.3 Å². The van der Waals surface area contributed by atoms with Crippen molar-refractivity contribution in [3.63, 3.8) is 0 Å². The van der Waals surface area contributed by atoms with Crippen LogP contribution in [0, 0.1) is 18.2 Å². The summed E-state index contributed by atoms with van der Waals surface area (Å²) < 4.78 is 0. The molecule has 0 aromatic rings. The molecule has 0 saturated heterocycles. The van der Waals surface area contributed by atoms with Crippen LogP contribution in [-0.2, 0) is 78.6 Å². The van der Waals surface area contributed by atoms with Crippen LogP contribution in [0.5, 0.6) is 0 Å². The van der Waals surface area contributed by atoms with Crippen molar-refractivity contribution >= 4 is 0 Å². The van der Waals surface area contributed by atoms with Crippen LogP contribution in [0.1, 0.15) is 19.3 Å². The summed E-state index contributed by atoms with van der Waals surface area (Å²) >= 11 is 0. The van der Waals surface area contributed by atoms with Gasteiger partial charge in [0, 0.05) is 0 Å². The number of rotatable bonds is 0. The average Bonchev–Trinajstić information content (AvgIpc) is 3.09. The van der Waals surface area contributed by atoms with Crippen molar-refractivity contribution in [3.8, 4) is 0 Å². The van der Waals surface area contributed by atoms with E-state index in [2.05, 4.69) is 36.5 Å². The number of halogens is 3. The topological polar surface area (TPSA) is 0 Å². The average molecular weight is 575 g/mol. The molecule has 0 saturated carbocycles. The van der Waals surface area contributed by atoms with Crippen LogP contribution in [0.3, 0.4) is 0 Å². The van der Waals surface area contributed by atoms with Gasteiger partial charge in [-0.2, -0.15) is 18.2 Å². The second-order valence-electron chi connectivity index (χ2n) is 3.01. The molecule has 0 aliphatic heterocycles. The Balaban J connectivity index is -0.0000000352. The molecule has 6 heteroatoms. The van der Waals surface area contributed by atoms with Crippen molar-refractivity contribution < 1.29 is 116 Å². The molecule has 108 valence electrons. The second-order valence-corrected chi connectivity index (χ2v) is 3.01. The molecule has 0 aromatic heterocycles. The fraction of sp³-hybridized carbons (Fsp3) is 0.200. The van der Waals surface area contributed by atoms with Gasteiger partial charge in [0.05, 0.1) is 0 Å². The van der Waals surface area contributed by atoms with E-state index < -0.39 is 0 Å². The fourth-order valence-electron chi connectivity index (χ4n) is 1.02. The molecule has 0 radical (unpaired) electrons. The zero-order valence-corrected chi connectivity index (χ0v) is 21.1. The maximum atomic E-state index is 2.99. The Bertz CT molecular complexity index is 251. The van der Waals surface area contributed by atoms with E-state index >= 15 is 0 Å². The minimum atomic E-state index is 0. The van der Waals surface area contributed by atoms with Gasteiger partial charge in [-0.05, 0) is 0 Å². The Morgan fingerprint density at radius 2 is 0.714 bits per heavy atom. The molecule has 0 aromatic carbocycles. The smallest absolute Gasteiger partial charge is 1.00 e. The standard InChI is InChI=1S/3C5H5.3ClH.3Zr/c3*1-2-4-5-3-1;;;;;;/h3*1-3H,4H2;3*1H;;;/q3*-1;;;;3*+2/p-3. The Morgan fingerprint density at radius 1 is 0.476 bits per heavy atom. The van der Waals surface area contributed by atoms with Crippen LogP contribution in [0.4, 0.5) is 0 Å². The van der Waals surface area contributed by atoms with Crippen LogP contribution in [0.15, 0.2) is 54.7 Å². The van der Waals surface area contributed by atoms with Crippen LogP contribution >= 0.6 is 0 Å². The van der Waals surface area contributed by atoms with E-state index in [1.165, 1.54) is 0 Å². The van der Waals surface area contributed by atoms with E-state index in [1.54, 1.807) is 0 Å². The minimum absolute atomic E-state index is 0. The molecular weight excluding hydrogens is 560 g/mol. The van der Waals surface area contributed by atoms with Crippen molar-refractivity contribution in [2.45, 2.75) is 19.3 Å². The quantitative estimate of drug-likeness (QED) is 0.254. The van der Waals surface area contributed by atoms with Crippen molar-refractivity contribution in [1.82, 2.24) is 0 Å². The number of allylic oxidation sites excluding steroid dienone is 12. The number of hydrogen-bond donors (Lipinski definition) is 0. The molecule has 0 nitrogen and oxygen atoms in total.